The molecule has 0 unspecified atom stereocenters. The Morgan fingerprint density at radius 1 is 0.962 bits per heavy atom. The SMILES string of the molecule is Oc1ccccc1N1CCN(Cc2nsc3nc4ccccc4n23)CC1. The van der Waals surface area contributed by atoms with Crippen LogP contribution < -0.4 is 4.90 Å². The molecule has 0 atom stereocenters. The van der Waals surface area contributed by atoms with Crippen molar-refractivity contribution in [3.05, 3.63) is 54.4 Å². The molecule has 26 heavy (non-hydrogen) atoms. The van der Waals surface area contributed by atoms with Crippen molar-refractivity contribution in [1.29, 1.82) is 0 Å². The number of para-hydroxylation sites is 4. The molecular formula is C19H19N5OS. The van der Waals surface area contributed by atoms with Crippen molar-refractivity contribution in [2.45, 2.75) is 6.54 Å². The van der Waals surface area contributed by atoms with Gasteiger partial charge >= 0.3 is 0 Å². The first kappa shape index (κ1) is 15.6. The Balaban J connectivity index is 1.34. The quantitative estimate of drug-likeness (QED) is 0.605. The van der Waals surface area contributed by atoms with E-state index in [1.165, 1.54) is 11.5 Å². The molecule has 1 saturated heterocycles. The summed E-state index contributed by atoms with van der Waals surface area (Å²) in [6.07, 6.45) is 0. The topological polar surface area (TPSA) is 56.9 Å². The highest BCUT2D eigenvalue weighted by Gasteiger charge is 2.21. The molecule has 132 valence electrons. The molecule has 3 heterocycles. The Bertz CT molecular complexity index is 1060. The van der Waals surface area contributed by atoms with Crippen LogP contribution in [0.3, 0.4) is 0 Å². The largest absolute Gasteiger partial charge is 0.506 e. The molecule has 1 aliphatic heterocycles. The first-order chi connectivity index (χ1) is 12.8. The number of aromatic hydroxyl groups is 1. The van der Waals surface area contributed by atoms with Crippen molar-refractivity contribution in [1.82, 2.24) is 18.7 Å². The summed E-state index contributed by atoms with van der Waals surface area (Å²) in [7, 11) is 0. The molecule has 1 fully saturated rings. The molecule has 0 aliphatic carbocycles. The fraction of sp³-hybridized carbons (Fsp3) is 0.263. The van der Waals surface area contributed by atoms with E-state index in [9.17, 15) is 5.11 Å². The van der Waals surface area contributed by atoms with Gasteiger partial charge < -0.3 is 10.0 Å². The molecule has 0 amide bonds. The predicted molar refractivity (Wildman–Crippen MR) is 104 cm³/mol. The summed E-state index contributed by atoms with van der Waals surface area (Å²) in [6.45, 7) is 4.50. The molecule has 0 radical (unpaired) electrons. The Hall–Kier alpha value is -2.64. The second-order valence-corrected chi connectivity index (χ2v) is 7.30. The first-order valence-electron chi connectivity index (χ1n) is 8.76. The standard InChI is InChI=1S/C19H19N5OS/c25-17-8-4-3-7-16(17)23-11-9-22(10-12-23)13-18-21-26-19-20-14-5-1-2-6-15(14)24(18)19/h1-8,25H,9-13H2. The van der Waals surface area contributed by atoms with Gasteiger partial charge in [-0.2, -0.15) is 4.37 Å². The van der Waals surface area contributed by atoms with Crippen LogP contribution in [0.4, 0.5) is 5.69 Å². The summed E-state index contributed by atoms with van der Waals surface area (Å²) in [5.74, 6) is 1.40. The lowest BCUT2D eigenvalue weighted by Gasteiger charge is -2.35. The van der Waals surface area contributed by atoms with Gasteiger partial charge in [0.25, 0.3) is 0 Å². The Kier molecular flexibility index (Phi) is 3.76. The molecule has 5 rings (SSSR count). The smallest absolute Gasteiger partial charge is 0.214 e. The molecular weight excluding hydrogens is 346 g/mol. The normalized spacial score (nSPS) is 15.9. The van der Waals surface area contributed by atoms with Gasteiger partial charge in [-0.1, -0.05) is 24.3 Å². The number of fused-ring (bicyclic) bond motifs is 3. The zero-order valence-corrected chi connectivity index (χ0v) is 15.1. The number of aromatic nitrogens is 3. The lowest BCUT2D eigenvalue weighted by Crippen LogP contribution is -2.46. The second kappa shape index (κ2) is 6.26. The minimum Gasteiger partial charge on any atom is -0.506 e. The van der Waals surface area contributed by atoms with Crippen LogP contribution in [-0.2, 0) is 6.54 Å². The first-order valence-corrected chi connectivity index (χ1v) is 9.54. The average Bonchev–Trinajstić information content (AvgIpc) is 3.23. The molecule has 1 N–H and O–H groups in total. The maximum atomic E-state index is 10.1. The highest BCUT2D eigenvalue weighted by molar-refractivity contribution is 7.11. The number of hydrogen-bond acceptors (Lipinski definition) is 6. The van der Waals surface area contributed by atoms with Crippen molar-refractivity contribution >= 4 is 33.2 Å². The number of piperazine rings is 1. The molecule has 0 saturated carbocycles. The van der Waals surface area contributed by atoms with E-state index in [1.54, 1.807) is 6.07 Å². The predicted octanol–water partition coefficient (Wildman–Crippen LogP) is 2.97. The summed E-state index contributed by atoms with van der Waals surface area (Å²) in [5.41, 5.74) is 3.06. The van der Waals surface area contributed by atoms with E-state index in [0.717, 1.165) is 60.2 Å². The molecule has 2 aromatic heterocycles. The van der Waals surface area contributed by atoms with Crippen molar-refractivity contribution in [2.75, 3.05) is 31.1 Å². The second-order valence-electron chi connectivity index (χ2n) is 6.57. The third-order valence-electron chi connectivity index (χ3n) is 4.98. The molecule has 7 heteroatoms. The monoisotopic (exact) mass is 365 g/mol. The van der Waals surface area contributed by atoms with Crippen molar-refractivity contribution in [2.24, 2.45) is 0 Å². The number of anilines is 1. The van der Waals surface area contributed by atoms with E-state index in [-0.39, 0.29) is 0 Å². The fourth-order valence-corrected chi connectivity index (χ4v) is 4.38. The molecule has 4 aromatic rings. The van der Waals surface area contributed by atoms with E-state index >= 15 is 0 Å². The summed E-state index contributed by atoms with van der Waals surface area (Å²) in [4.78, 5) is 10.3. The zero-order valence-electron chi connectivity index (χ0n) is 14.2. The van der Waals surface area contributed by atoms with Crippen LogP contribution in [0.5, 0.6) is 5.75 Å². The van der Waals surface area contributed by atoms with E-state index in [2.05, 4.69) is 29.6 Å². The van der Waals surface area contributed by atoms with Gasteiger partial charge in [0.15, 0.2) is 0 Å². The van der Waals surface area contributed by atoms with Gasteiger partial charge in [0.05, 0.1) is 23.3 Å². The van der Waals surface area contributed by atoms with Crippen LogP contribution in [0.2, 0.25) is 0 Å². The van der Waals surface area contributed by atoms with E-state index < -0.39 is 0 Å². The number of imidazole rings is 1. The maximum Gasteiger partial charge on any atom is 0.214 e. The highest BCUT2D eigenvalue weighted by Crippen LogP contribution is 2.28. The molecule has 2 aromatic carbocycles. The van der Waals surface area contributed by atoms with Gasteiger partial charge in [-0.15, -0.1) is 0 Å². The summed E-state index contributed by atoms with van der Waals surface area (Å²) in [6, 6.07) is 15.8. The number of phenols is 1. The Morgan fingerprint density at radius 3 is 2.58 bits per heavy atom. The number of rotatable bonds is 3. The van der Waals surface area contributed by atoms with E-state index in [1.807, 2.05) is 36.4 Å². The van der Waals surface area contributed by atoms with E-state index in [4.69, 9.17) is 0 Å². The van der Waals surface area contributed by atoms with E-state index in [0.29, 0.717) is 5.75 Å². The third-order valence-corrected chi connectivity index (χ3v) is 5.72. The van der Waals surface area contributed by atoms with Gasteiger partial charge in [-0.25, -0.2) is 4.98 Å². The van der Waals surface area contributed by atoms with Gasteiger partial charge in [0.1, 0.15) is 11.6 Å². The number of benzene rings is 2. The zero-order chi connectivity index (χ0) is 17.5. The van der Waals surface area contributed by atoms with Crippen LogP contribution in [0, 0.1) is 0 Å². The average molecular weight is 365 g/mol. The molecule has 6 nitrogen and oxygen atoms in total. The van der Waals surface area contributed by atoms with Crippen LogP contribution in [0.25, 0.3) is 16.0 Å². The molecule has 1 aliphatic rings. The fourth-order valence-electron chi connectivity index (χ4n) is 3.63. The Morgan fingerprint density at radius 2 is 1.73 bits per heavy atom. The highest BCUT2D eigenvalue weighted by atomic mass is 32.1. The third kappa shape index (κ3) is 2.60. The lowest BCUT2D eigenvalue weighted by atomic mass is 10.2. The van der Waals surface area contributed by atoms with Crippen molar-refractivity contribution in [3.63, 3.8) is 0 Å². The maximum absolute atomic E-state index is 10.1. The van der Waals surface area contributed by atoms with Crippen molar-refractivity contribution < 1.29 is 5.11 Å². The van der Waals surface area contributed by atoms with Gasteiger partial charge in [0.2, 0.25) is 4.96 Å². The van der Waals surface area contributed by atoms with Crippen LogP contribution in [0.15, 0.2) is 48.5 Å². The van der Waals surface area contributed by atoms with Crippen LogP contribution in [0.1, 0.15) is 5.82 Å². The lowest BCUT2D eigenvalue weighted by molar-refractivity contribution is 0.243. The number of nitrogens with zero attached hydrogens (tertiary/aromatic N) is 5. The number of phenolic OH excluding ortho intramolecular Hbond substituents is 1. The summed E-state index contributed by atoms with van der Waals surface area (Å²) >= 11 is 1.46. The molecule has 0 bridgehead atoms. The van der Waals surface area contributed by atoms with Crippen molar-refractivity contribution in [3.8, 4) is 5.75 Å². The van der Waals surface area contributed by atoms with Crippen LogP contribution >= 0.6 is 11.5 Å². The molecule has 0 spiro atoms. The van der Waals surface area contributed by atoms with Crippen LogP contribution in [-0.4, -0.2) is 49.9 Å². The minimum atomic E-state index is 0.354. The number of hydrogen-bond donors (Lipinski definition) is 1. The van der Waals surface area contributed by atoms with Gasteiger partial charge in [-0.3, -0.25) is 9.30 Å². The summed E-state index contributed by atoms with van der Waals surface area (Å²) < 4.78 is 6.81. The minimum absolute atomic E-state index is 0.354. The Labute approximate surface area is 155 Å². The van der Waals surface area contributed by atoms with Gasteiger partial charge in [0, 0.05) is 37.7 Å². The summed E-state index contributed by atoms with van der Waals surface area (Å²) in [5, 5.41) is 10.1. The van der Waals surface area contributed by atoms with Gasteiger partial charge in [-0.05, 0) is 24.3 Å².